The minimum Gasteiger partial charge on any atom is -0.458 e. The van der Waals surface area contributed by atoms with E-state index in [1.54, 1.807) is 16.7 Å². The first-order valence-corrected chi connectivity index (χ1v) is 24.0. The fourth-order valence-electron chi connectivity index (χ4n) is 9.36. The van der Waals surface area contributed by atoms with Gasteiger partial charge in [0, 0.05) is 23.0 Å². The second kappa shape index (κ2) is 17.4. The van der Waals surface area contributed by atoms with Gasteiger partial charge in [-0.3, -0.25) is 13.7 Å². The number of para-hydroxylation sites is 3. The molecule has 0 N–H and O–H groups in total. The van der Waals surface area contributed by atoms with E-state index in [1.165, 1.54) is 0 Å². The molecular weight excluding hydrogens is 865 g/mol. The summed E-state index contributed by atoms with van der Waals surface area (Å²) in [7, 11) is 0. The molecule has 3 heterocycles. The Labute approximate surface area is 432 Å². The Morgan fingerprint density at radius 2 is 1.07 bits per heavy atom. The summed E-state index contributed by atoms with van der Waals surface area (Å²) in [5.41, 5.74) is 7.64. The average Bonchev–Trinajstić information content (AvgIpc) is 3.17. The van der Waals surface area contributed by atoms with E-state index in [0.29, 0.717) is 33.8 Å². The van der Waals surface area contributed by atoms with E-state index in [-0.39, 0.29) is 44.2 Å². The molecule has 0 spiro atoms. The number of aromatic nitrogens is 4. The van der Waals surface area contributed by atoms with Crippen molar-refractivity contribution in [2.45, 2.75) is 78.6 Å². The Hall–Kier alpha value is -8.02. The topological polar surface area (TPSA) is 35.9 Å². The molecule has 0 saturated carbocycles. The number of hydrogen-bond donors (Lipinski definition) is 0. The van der Waals surface area contributed by atoms with E-state index in [4.69, 9.17) is 17.9 Å². The molecule has 0 bridgehead atoms. The normalized spacial score (nSPS) is 14.3. The third-order valence-corrected chi connectivity index (χ3v) is 13.2. The molecule has 0 radical (unpaired) electrons. The summed E-state index contributed by atoms with van der Waals surface area (Å²) in [5.74, 6) is 1.89. The van der Waals surface area contributed by atoms with Crippen LogP contribution >= 0.6 is 0 Å². The summed E-state index contributed by atoms with van der Waals surface area (Å²) in [6.07, 6.45) is 5.40. The van der Waals surface area contributed by atoms with Gasteiger partial charge in [0.25, 0.3) is 6.33 Å². The first-order valence-electron chi connectivity index (χ1n) is 29.0. The monoisotopic (exact) mass is 935 g/mol. The van der Waals surface area contributed by atoms with Crippen LogP contribution in [0, 0.1) is 6.33 Å². The molecule has 5 nitrogen and oxygen atoms in total. The number of hydrogen-bond acceptors (Lipinski definition) is 2. The lowest BCUT2D eigenvalue weighted by Crippen LogP contribution is -2.31. The Morgan fingerprint density at radius 3 is 1.72 bits per heavy atom. The molecule has 0 aliphatic heterocycles. The maximum atomic E-state index is 9.50. The molecule has 5 heteroatoms. The summed E-state index contributed by atoms with van der Waals surface area (Å²) in [6.45, 7) is 19.3. The van der Waals surface area contributed by atoms with Crippen LogP contribution in [0.2, 0.25) is 0 Å². The Balaban J connectivity index is 1.16. The van der Waals surface area contributed by atoms with Crippen molar-refractivity contribution >= 4 is 32.8 Å². The van der Waals surface area contributed by atoms with Crippen molar-refractivity contribution in [2.75, 3.05) is 0 Å². The highest BCUT2D eigenvalue weighted by molar-refractivity contribution is 6.09. The fourth-order valence-corrected chi connectivity index (χ4v) is 9.36. The van der Waals surface area contributed by atoms with E-state index in [1.807, 2.05) is 83.6 Å². The average molecular weight is 935 g/mol. The Kier molecular flexibility index (Phi) is 8.63. The predicted octanol–water partition coefficient (Wildman–Crippen LogP) is 16.9. The van der Waals surface area contributed by atoms with Gasteiger partial charge in [0.1, 0.15) is 17.3 Å². The van der Waals surface area contributed by atoms with Crippen LogP contribution in [0.5, 0.6) is 11.5 Å². The number of imidazole rings is 1. The minimum atomic E-state index is -0.576. The van der Waals surface area contributed by atoms with Crippen molar-refractivity contribution in [3.05, 3.63) is 223 Å². The molecule has 0 aliphatic rings. The SMILES string of the molecule is [2H]c1c([2H])c([2H])c(-c2cc(-c3cc(C(C)(C)C)cc(C(C)(C)C)c3)cc(-c3c([2H])c([2H])c([2H])c([2H])c3[2H])c2-[n+]2[c-]n(-c3cccc(Oc4ccc5c6ccccc6n(-c6cc(C(C)(C)C)ccn6)c5c4)c3)c3ccccc32)c([2H])c1[2H]. The number of benzene rings is 8. The maximum Gasteiger partial charge on any atom is 0.269 e. The summed E-state index contributed by atoms with van der Waals surface area (Å²) >= 11 is 0. The molecule has 350 valence electrons. The highest BCUT2D eigenvalue weighted by atomic mass is 16.5. The predicted molar refractivity (Wildman–Crippen MR) is 295 cm³/mol. The lowest BCUT2D eigenvalue weighted by Gasteiger charge is -2.27. The van der Waals surface area contributed by atoms with Crippen LogP contribution in [-0.4, -0.2) is 14.1 Å². The second-order valence-electron chi connectivity index (χ2n) is 21.3. The van der Waals surface area contributed by atoms with Crippen LogP contribution in [0.4, 0.5) is 0 Å². The van der Waals surface area contributed by atoms with Crippen LogP contribution in [0.1, 0.15) is 92.7 Å². The number of rotatable bonds is 8. The number of ether oxygens (including phenoxy) is 1. The lowest BCUT2D eigenvalue weighted by atomic mass is 9.78. The molecular formula is C66H60N4O. The van der Waals surface area contributed by atoms with Crippen molar-refractivity contribution in [2.24, 2.45) is 0 Å². The molecule has 0 saturated heterocycles. The zero-order valence-corrected chi connectivity index (χ0v) is 41.5. The van der Waals surface area contributed by atoms with Gasteiger partial charge in [0.2, 0.25) is 0 Å². The molecule has 0 aliphatic carbocycles. The zero-order chi connectivity index (χ0) is 57.9. The summed E-state index contributed by atoms with van der Waals surface area (Å²) in [4.78, 5) is 4.86. The molecule has 3 aromatic heterocycles. The van der Waals surface area contributed by atoms with Crippen LogP contribution in [0.25, 0.3) is 83.4 Å². The summed E-state index contributed by atoms with van der Waals surface area (Å²) in [6, 6.07) is 38.0. The zero-order valence-electron chi connectivity index (χ0n) is 51.5. The minimum absolute atomic E-state index is 0.0999. The van der Waals surface area contributed by atoms with Crippen LogP contribution in [0.15, 0.2) is 200 Å². The van der Waals surface area contributed by atoms with E-state index >= 15 is 0 Å². The van der Waals surface area contributed by atoms with E-state index in [2.05, 4.69) is 122 Å². The number of nitrogens with zero attached hydrogens (tertiary/aromatic N) is 4. The highest BCUT2D eigenvalue weighted by Gasteiger charge is 2.25. The fraction of sp³-hybridized carbons (Fsp3) is 0.182. The van der Waals surface area contributed by atoms with Gasteiger partial charge < -0.3 is 4.74 Å². The second-order valence-corrected chi connectivity index (χ2v) is 21.3. The molecule has 11 rings (SSSR count). The van der Waals surface area contributed by atoms with Gasteiger partial charge >= 0.3 is 0 Å². The molecule has 71 heavy (non-hydrogen) atoms. The van der Waals surface area contributed by atoms with E-state index in [9.17, 15) is 5.48 Å². The van der Waals surface area contributed by atoms with Crippen molar-refractivity contribution in [3.8, 4) is 62.1 Å². The highest BCUT2D eigenvalue weighted by Crippen LogP contribution is 2.42. The van der Waals surface area contributed by atoms with Gasteiger partial charge in [0.05, 0.1) is 47.1 Å². The third kappa shape index (κ3) is 8.60. The molecule has 8 aromatic carbocycles. The Bertz CT molecular complexity index is 4220. The smallest absolute Gasteiger partial charge is 0.269 e. The maximum absolute atomic E-state index is 9.50. The number of fused-ring (bicyclic) bond motifs is 4. The van der Waals surface area contributed by atoms with Crippen LogP contribution in [-0.2, 0) is 16.2 Å². The summed E-state index contributed by atoms with van der Waals surface area (Å²) in [5, 5.41) is 2.12. The summed E-state index contributed by atoms with van der Waals surface area (Å²) < 4.78 is 104. The first kappa shape index (κ1) is 35.1. The van der Waals surface area contributed by atoms with Crippen molar-refractivity contribution in [1.29, 1.82) is 0 Å². The van der Waals surface area contributed by atoms with E-state index in [0.717, 1.165) is 49.9 Å². The van der Waals surface area contributed by atoms with Gasteiger partial charge in [-0.1, -0.05) is 189 Å². The van der Waals surface area contributed by atoms with Crippen LogP contribution < -0.4 is 9.30 Å². The van der Waals surface area contributed by atoms with Gasteiger partial charge in [-0.05, 0) is 127 Å². The van der Waals surface area contributed by atoms with Gasteiger partial charge in [-0.15, -0.1) is 0 Å². The van der Waals surface area contributed by atoms with Gasteiger partial charge in [0.15, 0.2) is 0 Å². The lowest BCUT2D eigenvalue weighted by molar-refractivity contribution is -0.571. The third-order valence-electron chi connectivity index (χ3n) is 13.2. The van der Waals surface area contributed by atoms with E-state index < -0.39 is 60.4 Å². The van der Waals surface area contributed by atoms with Gasteiger partial charge in [-0.25, -0.2) is 4.98 Å². The Morgan fingerprint density at radius 1 is 0.493 bits per heavy atom. The quantitative estimate of drug-likeness (QED) is 0.112. The molecule has 0 amide bonds. The van der Waals surface area contributed by atoms with Crippen LogP contribution in [0.3, 0.4) is 0 Å². The molecule has 0 fully saturated rings. The van der Waals surface area contributed by atoms with Crippen molar-refractivity contribution in [3.63, 3.8) is 0 Å². The molecule has 0 atom stereocenters. The van der Waals surface area contributed by atoms with Crippen molar-refractivity contribution < 1.29 is 23.0 Å². The largest absolute Gasteiger partial charge is 0.458 e. The molecule has 0 unspecified atom stereocenters. The van der Waals surface area contributed by atoms with Crippen molar-refractivity contribution in [1.82, 2.24) is 14.1 Å². The number of pyridine rings is 1. The first-order chi connectivity index (χ1) is 38.2. The standard InChI is InChI=1S/C66H60N4O/c1-64(2,3)48-33-34-67-62(40-48)70-58-28-17-16-27-54(58)55-32-31-53(42-61(55)70)71-52-26-20-25-51(41-52)68-43-69(60-30-19-18-29-59(60)68)63-56(44-21-12-10-13-22-44)37-47(38-57(63)45-23-14-11-15-24-45)46-35-49(65(4,5)6)39-50(36-46)66(7,8)9/h10-42H,1-9H3/i10D,11D,12D,13D,14D,15D,21D,22D,23D,24D. The van der Waals surface area contributed by atoms with Gasteiger partial charge in [-0.2, -0.15) is 0 Å². The molecule has 11 aromatic rings.